The van der Waals surface area contributed by atoms with Crippen molar-refractivity contribution in [1.29, 1.82) is 0 Å². The summed E-state index contributed by atoms with van der Waals surface area (Å²) in [4.78, 5) is 25.7. The molecule has 0 aliphatic carbocycles. The van der Waals surface area contributed by atoms with Gasteiger partial charge in [-0.1, -0.05) is 19.1 Å². The number of H-pyrrole nitrogens is 1. The second-order valence-corrected chi connectivity index (χ2v) is 4.38. The van der Waals surface area contributed by atoms with E-state index in [-0.39, 0.29) is 11.5 Å². The number of hydrogen-bond donors (Lipinski definition) is 3. The molecule has 0 bridgehead atoms. The fourth-order valence-electron chi connectivity index (χ4n) is 1.82. The van der Waals surface area contributed by atoms with Crippen molar-refractivity contribution in [3.8, 4) is 0 Å². The van der Waals surface area contributed by atoms with E-state index in [0.29, 0.717) is 11.3 Å². The van der Waals surface area contributed by atoms with Gasteiger partial charge in [0.05, 0.1) is 0 Å². The monoisotopic (exact) mass is 271 g/mol. The molecule has 0 aliphatic rings. The maximum absolute atomic E-state index is 12.0. The second kappa shape index (κ2) is 6.68. The Bertz CT molecular complexity index is 649. The van der Waals surface area contributed by atoms with Gasteiger partial charge in [0.25, 0.3) is 5.91 Å². The number of carbonyl (C=O) groups is 1. The van der Waals surface area contributed by atoms with E-state index in [2.05, 4.69) is 15.6 Å². The van der Waals surface area contributed by atoms with Crippen LogP contribution in [0.2, 0.25) is 0 Å². The Hall–Kier alpha value is -2.40. The number of carbonyl (C=O) groups excluding carboxylic acids is 1. The molecule has 5 heteroatoms. The first-order chi connectivity index (χ1) is 9.69. The first-order valence-corrected chi connectivity index (χ1v) is 6.49. The topological polar surface area (TPSA) is 74.0 Å². The van der Waals surface area contributed by atoms with Crippen LogP contribution in [0.1, 0.15) is 22.8 Å². The lowest BCUT2D eigenvalue weighted by atomic mass is 10.2. The van der Waals surface area contributed by atoms with E-state index < -0.39 is 0 Å². The van der Waals surface area contributed by atoms with Crippen LogP contribution in [0.15, 0.2) is 47.4 Å². The van der Waals surface area contributed by atoms with Gasteiger partial charge in [-0.15, -0.1) is 0 Å². The maximum Gasteiger partial charge on any atom is 0.255 e. The molecule has 20 heavy (non-hydrogen) atoms. The van der Waals surface area contributed by atoms with Crippen molar-refractivity contribution in [2.75, 3.05) is 11.9 Å². The lowest BCUT2D eigenvalue weighted by Gasteiger charge is -2.07. The van der Waals surface area contributed by atoms with Crippen molar-refractivity contribution >= 4 is 11.6 Å². The van der Waals surface area contributed by atoms with E-state index in [4.69, 9.17) is 0 Å². The molecule has 1 aromatic carbocycles. The van der Waals surface area contributed by atoms with Crippen molar-refractivity contribution in [2.45, 2.75) is 13.5 Å². The number of nitrogens with one attached hydrogen (secondary N) is 3. The number of pyridine rings is 1. The van der Waals surface area contributed by atoms with Crippen molar-refractivity contribution in [3.05, 3.63) is 64.1 Å². The van der Waals surface area contributed by atoms with Gasteiger partial charge in [0.1, 0.15) is 0 Å². The fraction of sp³-hybridized carbons (Fsp3) is 0.200. The molecule has 2 aromatic rings. The van der Waals surface area contributed by atoms with Crippen molar-refractivity contribution in [3.63, 3.8) is 0 Å². The Morgan fingerprint density at radius 1 is 1.25 bits per heavy atom. The molecule has 3 N–H and O–H groups in total. The number of amides is 1. The lowest BCUT2D eigenvalue weighted by Crippen LogP contribution is -2.16. The molecule has 1 amide bonds. The van der Waals surface area contributed by atoms with Gasteiger partial charge in [0, 0.05) is 30.1 Å². The summed E-state index contributed by atoms with van der Waals surface area (Å²) in [5, 5.41) is 6.01. The van der Waals surface area contributed by atoms with E-state index in [0.717, 1.165) is 18.7 Å². The third kappa shape index (κ3) is 3.80. The largest absolute Gasteiger partial charge is 0.329 e. The number of aromatic amines is 1. The zero-order chi connectivity index (χ0) is 14.4. The van der Waals surface area contributed by atoms with Crippen LogP contribution in [0.4, 0.5) is 5.69 Å². The van der Waals surface area contributed by atoms with E-state index in [1.54, 1.807) is 6.07 Å². The van der Waals surface area contributed by atoms with Crippen LogP contribution in [0.5, 0.6) is 0 Å². The van der Waals surface area contributed by atoms with Gasteiger partial charge >= 0.3 is 0 Å². The molecule has 0 unspecified atom stereocenters. The van der Waals surface area contributed by atoms with Gasteiger partial charge in [0.15, 0.2) is 0 Å². The van der Waals surface area contributed by atoms with Gasteiger partial charge in [-0.2, -0.15) is 0 Å². The van der Waals surface area contributed by atoms with Gasteiger partial charge in [-0.3, -0.25) is 9.59 Å². The van der Waals surface area contributed by atoms with Crippen LogP contribution < -0.4 is 16.2 Å². The minimum Gasteiger partial charge on any atom is -0.329 e. The minimum atomic E-state index is -0.295. The van der Waals surface area contributed by atoms with Crippen LogP contribution in [-0.4, -0.2) is 17.4 Å². The lowest BCUT2D eigenvalue weighted by molar-refractivity contribution is 0.102. The highest BCUT2D eigenvalue weighted by Gasteiger charge is 2.06. The molecule has 2 rings (SSSR count). The number of aromatic nitrogens is 1. The standard InChI is InChI=1S/C15H17N3O2/c1-2-16-10-11-4-3-5-13(8-11)18-15(20)12-6-7-17-14(19)9-12/h3-9,16H,2,10H2,1H3,(H,17,19)(H,18,20). The summed E-state index contributed by atoms with van der Waals surface area (Å²) >= 11 is 0. The Balaban J connectivity index is 2.09. The molecule has 1 heterocycles. The molecule has 0 radical (unpaired) electrons. The number of hydrogen-bond acceptors (Lipinski definition) is 3. The molecular formula is C15H17N3O2. The van der Waals surface area contributed by atoms with Crippen LogP contribution in [-0.2, 0) is 6.54 Å². The highest BCUT2D eigenvalue weighted by atomic mass is 16.2. The molecule has 0 saturated heterocycles. The van der Waals surface area contributed by atoms with Gasteiger partial charge in [0.2, 0.25) is 5.56 Å². The Morgan fingerprint density at radius 2 is 2.10 bits per heavy atom. The van der Waals surface area contributed by atoms with Crippen molar-refractivity contribution in [2.24, 2.45) is 0 Å². The van der Waals surface area contributed by atoms with Crippen LogP contribution in [0.3, 0.4) is 0 Å². The highest BCUT2D eigenvalue weighted by Crippen LogP contribution is 2.11. The molecule has 0 aliphatic heterocycles. The Morgan fingerprint density at radius 3 is 2.85 bits per heavy atom. The molecule has 104 valence electrons. The van der Waals surface area contributed by atoms with Crippen LogP contribution in [0.25, 0.3) is 0 Å². The maximum atomic E-state index is 12.0. The van der Waals surface area contributed by atoms with Crippen molar-refractivity contribution < 1.29 is 4.79 Å². The third-order valence-corrected chi connectivity index (χ3v) is 2.80. The van der Waals surface area contributed by atoms with Gasteiger partial charge in [-0.25, -0.2) is 0 Å². The van der Waals surface area contributed by atoms with Gasteiger partial charge < -0.3 is 15.6 Å². The summed E-state index contributed by atoms with van der Waals surface area (Å²) in [5.74, 6) is -0.295. The third-order valence-electron chi connectivity index (χ3n) is 2.80. The summed E-state index contributed by atoms with van der Waals surface area (Å²) in [7, 11) is 0. The molecule has 0 saturated carbocycles. The summed E-state index contributed by atoms with van der Waals surface area (Å²) in [6, 6.07) is 10.5. The molecular weight excluding hydrogens is 254 g/mol. The zero-order valence-corrected chi connectivity index (χ0v) is 11.3. The predicted octanol–water partition coefficient (Wildman–Crippen LogP) is 1.74. The van der Waals surface area contributed by atoms with E-state index in [9.17, 15) is 9.59 Å². The first-order valence-electron chi connectivity index (χ1n) is 6.49. The molecule has 0 fully saturated rings. The van der Waals surface area contributed by atoms with E-state index >= 15 is 0 Å². The summed E-state index contributed by atoms with van der Waals surface area (Å²) < 4.78 is 0. The smallest absolute Gasteiger partial charge is 0.255 e. The van der Waals surface area contributed by atoms with E-state index in [1.165, 1.54) is 12.3 Å². The molecule has 0 atom stereocenters. The zero-order valence-electron chi connectivity index (χ0n) is 11.3. The van der Waals surface area contributed by atoms with E-state index in [1.807, 2.05) is 31.2 Å². The number of anilines is 1. The molecule has 0 spiro atoms. The summed E-state index contributed by atoms with van der Waals surface area (Å²) in [6.45, 7) is 3.69. The summed E-state index contributed by atoms with van der Waals surface area (Å²) in [6.07, 6.45) is 1.46. The second-order valence-electron chi connectivity index (χ2n) is 4.38. The van der Waals surface area contributed by atoms with Gasteiger partial charge in [-0.05, 0) is 30.3 Å². The fourth-order valence-corrected chi connectivity index (χ4v) is 1.82. The predicted molar refractivity (Wildman–Crippen MR) is 78.8 cm³/mol. The van der Waals surface area contributed by atoms with Crippen LogP contribution >= 0.6 is 0 Å². The Labute approximate surface area is 117 Å². The quantitative estimate of drug-likeness (QED) is 0.775. The highest BCUT2D eigenvalue weighted by molar-refractivity contribution is 6.04. The molecule has 5 nitrogen and oxygen atoms in total. The number of benzene rings is 1. The average molecular weight is 271 g/mol. The van der Waals surface area contributed by atoms with Crippen LogP contribution in [0, 0.1) is 0 Å². The first kappa shape index (κ1) is 14.0. The van der Waals surface area contributed by atoms with Crippen molar-refractivity contribution in [1.82, 2.24) is 10.3 Å². The SMILES string of the molecule is CCNCc1cccc(NC(=O)c2cc[nH]c(=O)c2)c1. The number of rotatable bonds is 5. The minimum absolute atomic E-state index is 0.293. The Kier molecular flexibility index (Phi) is 4.68. The average Bonchev–Trinajstić information content (AvgIpc) is 2.45. The normalized spacial score (nSPS) is 10.2. The molecule has 1 aromatic heterocycles. The summed E-state index contributed by atoms with van der Waals surface area (Å²) in [5.41, 5.74) is 1.85.